The molecule has 6 nitrogen and oxygen atoms in total. The van der Waals surface area contributed by atoms with Crippen LogP contribution in [-0.2, 0) is 16.1 Å². The second-order valence-corrected chi connectivity index (χ2v) is 7.71. The van der Waals surface area contributed by atoms with Crippen LogP contribution in [0.4, 0.5) is 10.5 Å². The van der Waals surface area contributed by atoms with Gasteiger partial charge in [0, 0.05) is 24.9 Å². The Hall–Kier alpha value is -1.63. The van der Waals surface area contributed by atoms with Crippen molar-refractivity contribution in [3.63, 3.8) is 0 Å². The molecule has 1 aromatic carbocycles. The average molecular weight is 376 g/mol. The Morgan fingerprint density at radius 3 is 3.04 bits per heavy atom. The maximum absolute atomic E-state index is 12.6. The van der Waals surface area contributed by atoms with E-state index in [2.05, 4.69) is 5.32 Å². The van der Waals surface area contributed by atoms with Gasteiger partial charge in [-0.1, -0.05) is 12.1 Å². The Balaban J connectivity index is 1.48. The molecule has 3 atom stereocenters. The van der Waals surface area contributed by atoms with E-state index in [0.717, 1.165) is 50.1 Å². The fourth-order valence-electron chi connectivity index (χ4n) is 3.92. The maximum Gasteiger partial charge on any atom is 0.322 e. The number of urea groups is 1. The Morgan fingerprint density at radius 1 is 1.37 bits per heavy atom. The van der Waals surface area contributed by atoms with E-state index in [1.54, 1.807) is 6.92 Å². The summed E-state index contributed by atoms with van der Waals surface area (Å²) in [6, 6.07) is 7.82. The van der Waals surface area contributed by atoms with Crippen LogP contribution in [-0.4, -0.2) is 54.0 Å². The summed E-state index contributed by atoms with van der Waals surface area (Å²) < 4.78 is 11.5. The van der Waals surface area contributed by atoms with Crippen molar-refractivity contribution in [2.24, 2.45) is 0 Å². The number of aliphatic hydroxyl groups excluding tert-OH is 1. The number of anilines is 1. The van der Waals surface area contributed by atoms with E-state index in [0.29, 0.717) is 19.6 Å². The van der Waals surface area contributed by atoms with E-state index in [1.165, 1.54) is 6.42 Å². The lowest BCUT2D eigenvalue weighted by Crippen LogP contribution is -2.40. The minimum atomic E-state index is -0.392. The molecule has 27 heavy (non-hydrogen) atoms. The minimum Gasteiger partial charge on any atom is -0.393 e. The molecule has 0 spiro atoms. The SMILES string of the molecule is CC(O)CC1CCCN1C(=O)Nc1cccc(COCC2CCCCO2)c1. The van der Waals surface area contributed by atoms with E-state index >= 15 is 0 Å². The van der Waals surface area contributed by atoms with Gasteiger partial charge in [-0.15, -0.1) is 0 Å². The molecular formula is C21H32N2O4. The van der Waals surface area contributed by atoms with Gasteiger partial charge < -0.3 is 24.8 Å². The molecule has 3 rings (SSSR count). The van der Waals surface area contributed by atoms with Crippen molar-refractivity contribution in [2.45, 2.75) is 70.3 Å². The number of carbonyl (C=O) groups excluding carboxylic acids is 1. The van der Waals surface area contributed by atoms with Crippen LogP contribution in [0.5, 0.6) is 0 Å². The first kappa shape index (κ1) is 20.1. The van der Waals surface area contributed by atoms with Gasteiger partial charge in [-0.05, 0) is 63.1 Å². The summed E-state index contributed by atoms with van der Waals surface area (Å²) >= 11 is 0. The number of rotatable bonds is 7. The number of benzene rings is 1. The molecule has 0 bridgehead atoms. The van der Waals surface area contributed by atoms with Crippen molar-refractivity contribution in [1.29, 1.82) is 0 Å². The first-order valence-electron chi connectivity index (χ1n) is 10.2. The van der Waals surface area contributed by atoms with Crippen molar-refractivity contribution in [2.75, 3.05) is 25.1 Å². The third kappa shape index (κ3) is 6.19. The summed E-state index contributed by atoms with van der Waals surface area (Å²) in [7, 11) is 0. The highest BCUT2D eigenvalue weighted by molar-refractivity contribution is 5.89. The van der Waals surface area contributed by atoms with Crippen molar-refractivity contribution >= 4 is 11.7 Å². The van der Waals surface area contributed by atoms with E-state index in [9.17, 15) is 9.90 Å². The smallest absolute Gasteiger partial charge is 0.322 e. The van der Waals surface area contributed by atoms with Gasteiger partial charge in [0.15, 0.2) is 0 Å². The third-order valence-corrected chi connectivity index (χ3v) is 5.28. The standard InChI is InChI=1S/C21H32N2O4/c1-16(24)12-19-8-5-10-23(19)21(25)22-18-7-4-6-17(13-18)14-26-15-20-9-2-3-11-27-20/h4,6-7,13,16,19-20,24H,2-3,5,8-12,14-15H2,1H3,(H,22,25). The van der Waals surface area contributed by atoms with E-state index in [-0.39, 0.29) is 18.2 Å². The largest absolute Gasteiger partial charge is 0.393 e. The molecule has 2 aliphatic heterocycles. The number of amides is 2. The number of likely N-dealkylation sites (tertiary alicyclic amines) is 1. The number of nitrogens with zero attached hydrogens (tertiary/aromatic N) is 1. The topological polar surface area (TPSA) is 71.0 Å². The quantitative estimate of drug-likeness (QED) is 0.764. The maximum atomic E-state index is 12.6. The van der Waals surface area contributed by atoms with E-state index in [1.807, 2.05) is 29.2 Å². The zero-order valence-corrected chi connectivity index (χ0v) is 16.2. The fraction of sp³-hybridized carbons (Fsp3) is 0.667. The number of aliphatic hydroxyl groups is 1. The van der Waals surface area contributed by atoms with Gasteiger partial charge in [-0.2, -0.15) is 0 Å². The normalized spacial score (nSPS) is 24.0. The molecule has 3 unspecified atom stereocenters. The Morgan fingerprint density at radius 2 is 2.26 bits per heavy atom. The summed E-state index contributed by atoms with van der Waals surface area (Å²) in [5.41, 5.74) is 1.81. The monoisotopic (exact) mass is 376 g/mol. The highest BCUT2D eigenvalue weighted by Gasteiger charge is 2.29. The van der Waals surface area contributed by atoms with Gasteiger partial charge in [0.2, 0.25) is 0 Å². The zero-order chi connectivity index (χ0) is 19.1. The van der Waals surface area contributed by atoms with Gasteiger partial charge in [0.1, 0.15) is 0 Å². The molecule has 0 saturated carbocycles. The van der Waals surface area contributed by atoms with Crippen molar-refractivity contribution in [3.8, 4) is 0 Å². The van der Waals surface area contributed by atoms with Crippen LogP contribution in [0.15, 0.2) is 24.3 Å². The molecule has 2 aliphatic rings. The summed E-state index contributed by atoms with van der Waals surface area (Å²) in [5.74, 6) is 0. The predicted molar refractivity (Wildman–Crippen MR) is 105 cm³/mol. The number of nitrogens with one attached hydrogen (secondary N) is 1. The van der Waals surface area contributed by atoms with Crippen LogP contribution in [0.1, 0.15) is 51.0 Å². The molecule has 0 aromatic heterocycles. The van der Waals surface area contributed by atoms with Crippen LogP contribution < -0.4 is 5.32 Å². The number of carbonyl (C=O) groups is 1. The Labute approximate surface area is 161 Å². The molecule has 0 radical (unpaired) electrons. The molecule has 6 heteroatoms. The van der Waals surface area contributed by atoms with Crippen LogP contribution in [0.3, 0.4) is 0 Å². The predicted octanol–water partition coefficient (Wildman–Crippen LogP) is 3.54. The summed E-state index contributed by atoms with van der Waals surface area (Å²) in [6.45, 7) is 4.48. The van der Waals surface area contributed by atoms with Gasteiger partial charge in [0.05, 0.1) is 25.4 Å². The lowest BCUT2D eigenvalue weighted by atomic mass is 10.1. The Bertz CT molecular complexity index is 602. The van der Waals surface area contributed by atoms with Gasteiger partial charge in [0.25, 0.3) is 0 Å². The van der Waals surface area contributed by atoms with Crippen molar-refractivity contribution < 1.29 is 19.4 Å². The van der Waals surface area contributed by atoms with Crippen molar-refractivity contribution in [1.82, 2.24) is 4.90 Å². The summed E-state index contributed by atoms with van der Waals surface area (Å²) in [6.07, 6.45) is 5.82. The second kappa shape index (κ2) is 10.1. The second-order valence-electron chi connectivity index (χ2n) is 7.71. The molecule has 2 amide bonds. The highest BCUT2D eigenvalue weighted by atomic mass is 16.5. The van der Waals surface area contributed by atoms with Gasteiger partial charge in [-0.3, -0.25) is 0 Å². The first-order valence-corrected chi connectivity index (χ1v) is 10.2. The number of hydrogen-bond donors (Lipinski definition) is 2. The first-order chi connectivity index (χ1) is 13.1. The highest BCUT2D eigenvalue weighted by Crippen LogP contribution is 2.23. The molecule has 0 aliphatic carbocycles. The third-order valence-electron chi connectivity index (χ3n) is 5.28. The fourth-order valence-corrected chi connectivity index (χ4v) is 3.92. The van der Waals surface area contributed by atoms with Crippen molar-refractivity contribution in [3.05, 3.63) is 29.8 Å². The Kier molecular flexibility index (Phi) is 7.50. The van der Waals surface area contributed by atoms with Gasteiger partial charge in [-0.25, -0.2) is 4.79 Å². The molecule has 2 fully saturated rings. The molecule has 2 N–H and O–H groups in total. The zero-order valence-electron chi connectivity index (χ0n) is 16.2. The minimum absolute atomic E-state index is 0.0909. The number of hydrogen-bond acceptors (Lipinski definition) is 4. The lowest BCUT2D eigenvalue weighted by molar-refractivity contribution is -0.0447. The average Bonchev–Trinajstić information content (AvgIpc) is 3.10. The molecule has 1 aromatic rings. The van der Waals surface area contributed by atoms with E-state index < -0.39 is 6.10 Å². The van der Waals surface area contributed by atoms with Gasteiger partial charge >= 0.3 is 6.03 Å². The van der Waals surface area contributed by atoms with Crippen LogP contribution in [0.2, 0.25) is 0 Å². The summed E-state index contributed by atoms with van der Waals surface area (Å²) in [4.78, 5) is 14.5. The van der Waals surface area contributed by atoms with E-state index in [4.69, 9.17) is 9.47 Å². The lowest BCUT2D eigenvalue weighted by Gasteiger charge is -2.26. The number of ether oxygens (including phenoxy) is 2. The van der Waals surface area contributed by atoms with Crippen LogP contribution >= 0.6 is 0 Å². The summed E-state index contributed by atoms with van der Waals surface area (Å²) in [5, 5.41) is 12.6. The molecule has 150 valence electrons. The van der Waals surface area contributed by atoms with Crippen LogP contribution in [0, 0.1) is 0 Å². The molecular weight excluding hydrogens is 344 g/mol. The van der Waals surface area contributed by atoms with Crippen LogP contribution in [0.25, 0.3) is 0 Å². The molecule has 2 heterocycles. The molecule has 2 saturated heterocycles.